The molecule has 0 aliphatic carbocycles. The molecule has 20 heavy (non-hydrogen) atoms. The van der Waals surface area contributed by atoms with E-state index in [1.54, 1.807) is 7.11 Å². The molecule has 1 rings (SSSR count). The smallest absolute Gasteiger partial charge is 0.154 e. The summed E-state index contributed by atoms with van der Waals surface area (Å²) in [6, 6.07) is 6.40. The summed E-state index contributed by atoms with van der Waals surface area (Å²) in [6.07, 6.45) is -0.191. The zero-order valence-electron chi connectivity index (χ0n) is 13.6. The minimum Gasteiger partial charge on any atom is -0.491 e. The highest BCUT2D eigenvalue weighted by Gasteiger charge is 2.14. The lowest BCUT2D eigenvalue weighted by Crippen LogP contribution is -2.16. The van der Waals surface area contributed by atoms with E-state index < -0.39 is 0 Å². The van der Waals surface area contributed by atoms with Crippen molar-refractivity contribution in [3.8, 4) is 5.75 Å². The SMILES string of the molecule is COC(C)OCCOc1c(C(C)C)cccc1C(C)C. The summed E-state index contributed by atoms with van der Waals surface area (Å²) in [5.74, 6) is 1.91. The molecule has 1 aromatic rings. The molecule has 0 saturated carbocycles. The van der Waals surface area contributed by atoms with Crippen molar-refractivity contribution in [2.45, 2.75) is 52.7 Å². The van der Waals surface area contributed by atoms with Crippen LogP contribution in [0.3, 0.4) is 0 Å². The minimum absolute atomic E-state index is 0.191. The summed E-state index contributed by atoms with van der Waals surface area (Å²) in [7, 11) is 1.64. The Morgan fingerprint density at radius 3 is 1.90 bits per heavy atom. The second kappa shape index (κ2) is 8.28. The Morgan fingerprint density at radius 2 is 1.45 bits per heavy atom. The second-order valence-corrected chi connectivity index (χ2v) is 5.60. The molecular weight excluding hydrogens is 252 g/mol. The Labute approximate surface area is 123 Å². The van der Waals surface area contributed by atoms with Crippen LogP contribution in [0.5, 0.6) is 5.75 Å². The molecule has 0 radical (unpaired) electrons. The van der Waals surface area contributed by atoms with Crippen LogP contribution >= 0.6 is 0 Å². The van der Waals surface area contributed by atoms with Gasteiger partial charge < -0.3 is 14.2 Å². The van der Waals surface area contributed by atoms with Crippen LogP contribution in [0.1, 0.15) is 57.6 Å². The predicted octanol–water partition coefficient (Wildman–Crippen LogP) is 4.32. The number of para-hydroxylation sites is 1. The van der Waals surface area contributed by atoms with Crippen molar-refractivity contribution in [3.05, 3.63) is 29.3 Å². The highest BCUT2D eigenvalue weighted by Crippen LogP contribution is 2.34. The van der Waals surface area contributed by atoms with E-state index in [1.165, 1.54) is 11.1 Å². The monoisotopic (exact) mass is 280 g/mol. The van der Waals surface area contributed by atoms with E-state index in [1.807, 2.05) is 6.92 Å². The van der Waals surface area contributed by atoms with Crippen LogP contribution < -0.4 is 4.74 Å². The summed E-state index contributed by atoms with van der Waals surface area (Å²) in [5, 5.41) is 0. The molecule has 1 unspecified atom stereocenters. The highest BCUT2D eigenvalue weighted by atomic mass is 16.7. The highest BCUT2D eigenvalue weighted by molar-refractivity contribution is 5.44. The summed E-state index contributed by atoms with van der Waals surface area (Å²) < 4.78 is 16.5. The molecule has 1 aromatic carbocycles. The van der Waals surface area contributed by atoms with Crippen LogP contribution in [0.2, 0.25) is 0 Å². The van der Waals surface area contributed by atoms with Gasteiger partial charge in [0, 0.05) is 7.11 Å². The van der Waals surface area contributed by atoms with Crippen molar-refractivity contribution in [2.75, 3.05) is 20.3 Å². The maximum Gasteiger partial charge on any atom is 0.154 e. The fourth-order valence-electron chi connectivity index (χ4n) is 2.08. The van der Waals surface area contributed by atoms with Crippen LogP contribution in [-0.4, -0.2) is 26.6 Å². The van der Waals surface area contributed by atoms with Gasteiger partial charge in [-0.15, -0.1) is 0 Å². The van der Waals surface area contributed by atoms with Crippen molar-refractivity contribution >= 4 is 0 Å². The van der Waals surface area contributed by atoms with Crippen molar-refractivity contribution in [3.63, 3.8) is 0 Å². The molecule has 0 aliphatic heterocycles. The van der Waals surface area contributed by atoms with Gasteiger partial charge in [-0.3, -0.25) is 0 Å². The van der Waals surface area contributed by atoms with Gasteiger partial charge >= 0.3 is 0 Å². The summed E-state index contributed by atoms with van der Waals surface area (Å²) in [6.45, 7) is 11.7. The van der Waals surface area contributed by atoms with E-state index in [4.69, 9.17) is 14.2 Å². The largest absolute Gasteiger partial charge is 0.491 e. The predicted molar refractivity (Wildman–Crippen MR) is 82.5 cm³/mol. The van der Waals surface area contributed by atoms with Crippen molar-refractivity contribution in [2.24, 2.45) is 0 Å². The summed E-state index contributed by atoms with van der Waals surface area (Å²) in [5.41, 5.74) is 2.52. The summed E-state index contributed by atoms with van der Waals surface area (Å²) >= 11 is 0. The standard InChI is InChI=1S/C17H28O3/c1-12(2)15-8-7-9-16(13(3)4)17(15)20-11-10-19-14(5)18-6/h7-9,12-14H,10-11H2,1-6H3. The molecule has 3 heteroatoms. The third kappa shape index (κ3) is 4.80. The Hall–Kier alpha value is -1.06. The molecule has 0 aromatic heterocycles. The van der Waals surface area contributed by atoms with E-state index in [0.29, 0.717) is 25.0 Å². The van der Waals surface area contributed by atoms with Crippen LogP contribution in [0.4, 0.5) is 0 Å². The second-order valence-electron chi connectivity index (χ2n) is 5.60. The van der Waals surface area contributed by atoms with Crippen LogP contribution in [0, 0.1) is 0 Å². The number of hydrogen-bond donors (Lipinski definition) is 0. The fraction of sp³-hybridized carbons (Fsp3) is 0.647. The van der Waals surface area contributed by atoms with E-state index in [-0.39, 0.29) is 6.29 Å². The van der Waals surface area contributed by atoms with E-state index in [2.05, 4.69) is 45.9 Å². The quantitative estimate of drug-likeness (QED) is 0.524. The number of rotatable bonds is 8. The van der Waals surface area contributed by atoms with Crippen molar-refractivity contribution in [1.29, 1.82) is 0 Å². The Kier molecular flexibility index (Phi) is 7.03. The van der Waals surface area contributed by atoms with E-state index in [0.717, 1.165) is 5.75 Å². The topological polar surface area (TPSA) is 27.7 Å². The fourth-order valence-corrected chi connectivity index (χ4v) is 2.08. The molecule has 1 atom stereocenters. The first kappa shape index (κ1) is 17.0. The van der Waals surface area contributed by atoms with Crippen LogP contribution in [-0.2, 0) is 9.47 Å². The first-order valence-electron chi connectivity index (χ1n) is 7.37. The van der Waals surface area contributed by atoms with E-state index in [9.17, 15) is 0 Å². The minimum atomic E-state index is -0.191. The molecule has 0 spiro atoms. The lowest BCUT2D eigenvalue weighted by molar-refractivity contribution is -0.115. The van der Waals surface area contributed by atoms with Gasteiger partial charge in [0.25, 0.3) is 0 Å². The van der Waals surface area contributed by atoms with Crippen LogP contribution in [0.25, 0.3) is 0 Å². The third-order valence-electron chi connectivity index (χ3n) is 3.33. The van der Waals surface area contributed by atoms with Crippen molar-refractivity contribution < 1.29 is 14.2 Å². The maximum atomic E-state index is 6.01. The van der Waals surface area contributed by atoms with Gasteiger partial charge in [-0.2, -0.15) is 0 Å². The number of ether oxygens (including phenoxy) is 3. The van der Waals surface area contributed by atoms with Gasteiger partial charge in [0.15, 0.2) is 6.29 Å². The van der Waals surface area contributed by atoms with Gasteiger partial charge in [-0.1, -0.05) is 45.9 Å². The van der Waals surface area contributed by atoms with Gasteiger partial charge in [0.1, 0.15) is 12.4 Å². The molecule has 0 bridgehead atoms. The Balaban J connectivity index is 2.75. The number of benzene rings is 1. The summed E-state index contributed by atoms with van der Waals surface area (Å²) in [4.78, 5) is 0. The average molecular weight is 280 g/mol. The molecule has 0 N–H and O–H groups in total. The first-order chi connectivity index (χ1) is 9.47. The number of methoxy groups -OCH3 is 1. The first-order valence-corrected chi connectivity index (χ1v) is 7.37. The lowest BCUT2D eigenvalue weighted by atomic mass is 9.94. The van der Waals surface area contributed by atoms with Gasteiger partial charge in [-0.25, -0.2) is 0 Å². The van der Waals surface area contributed by atoms with Crippen LogP contribution in [0.15, 0.2) is 18.2 Å². The van der Waals surface area contributed by atoms with E-state index >= 15 is 0 Å². The lowest BCUT2D eigenvalue weighted by Gasteiger charge is -2.20. The molecule has 0 heterocycles. The normalized spacial score (nSPS) is 13.0. The van der Waals surface area contributed by atoms with Crippen molar-refractivity contribution in [1.82, 2.24) is 0 Å². The molecule has 0 amide bonds. The Bertz CT molecular complexity index is 373. The van der Waals surface area contributed by atoms with Gasteiger partial charge in [0.05, 0.1) is 6.61 Å². The molecule has 3 nitrogen and oxygen atoms in total. The molecular formula is C17H28O3. The maximum absolute atomic E-state index is 6.01. The molecule has 0 aliphatic rings. The molecule has 0 saturated heterocycles. The van der Waals surface area contributed by atoms with Gasteiger partial charge in [-0.05, 0) is 29.9 Å². The third-order valence-corrected chi connectivity index (χ3v) is 3.33. The average Bonchev–Trinajstić information content (AvgIpc) is 2.42. The zero-order valence-corrected chi connectivity index (χ0v) is 13.6. The Morgan fingerprint density at radius 1 is 0.900 bits per heavy atom. The number of hydrogen-bond acceptors (Lipinski definition) is 3. The zero-order chi connectivity index (χ0) is 15.1. The molecule has 114 valence electrons. The van der Waals surface area contributed by atoms with Gasteiger partial charge in [0.2, 0.25) is 0 Å². The molecule has 0 fully saturated rings.